The van der Waals surface area contributed by atoms with E-state index in [1.807, 2.05) is 0 Å². The Morgan fingerprint density at radius 2 is 1.88 bits per heavy atom. The maximum atomic E-state index is 13.5. The highest BCUT2D eigenvalue weighted by Gasteiger charge is 2.44. The molecule has 0 spiro atoms. The van der Waals surface area contributed by atoms with Crippen molar-refractivity contribution >= 4 is 57.5 Å². The van der Waals surface area contributed by atoms with Crippen molar-refractivity contribution < 1.29 is 37.0 Å². The fourth-order valence-electron chi connectivity index (χ4n) is 4.05. The number of benzene rings is 2. The average Bonchev–Trinajstić information content (AvgIpc) is 3.38. The third kappa shape index (κ3) is 6.51. The van der Waals surface area contributed by atoms with E-state index in [2.05, 4.69) is 5.10 Å². The minimum atomic E-state index is -4.58. The summed E-state index contributed by atoms with van der Waals surface area (Å²) in [5.74, 6) is -1.45. The zero-order valence-electron chi connectivity index (χ0n) is 21.9. The normalized spacial score (nSPS) is 16.3. The molecule has 1 saturated heterocycles. The molecule has 0 radical (unpaired) electrons. The first-order valence-electron chi connectivity index (χ1n) is 12.0. The largest absolute Gasteiger partial charge is 0.467 e. The molecule has 8 nitrogen and oxygen atoms in total. The van der Waals surface area contributed by atoms with E-state index in [0.29, 0.717) is 28.2 Å². The first kappa shape index (κ1) is 29.6. The van der Waals surface area contributed by atoms with E-state index in [1.54, 1.807) is 39.0 Å². The third-order valence-electron chi connectivity index (χ3n) is 5.94. The Balaban J connectivity index is 1.59. The van der Waals surface area contributed by atoms with Crippen LogP contribution in [-0.2, 0) is 31.8 Å². The van der Waals surface area contributed by atoms with Crippen LogP contribution in [0.15, 0.2) is 47.5 Å². The average molecular weight is 596 g/mol. The molecule has 4 rings (SSSR count). The van der Waals surface area contributed by atoms with E-state index in [1.165, 1.54) is 29.1 Å². The van der Waals surface area contributed by atoms with E-state index in [-0.39, 0.29) is 28.6 Å². The number of nitrogens with zero attached hydrogens (tertiary/aromatic N) is 3. The Morgan fingerprint density at radius 3 is 2.52 bits per heavy atom. The molecule has 2 amide bonds. The van der Waals surface area contributed by atoms with E-state index in [9.17, 15) is 27.6 Å². The fraction of sp³-hybridized carbons (Fsp3) is 0.333. The smallest absolute Gasteiger partial charge is 0.416 e. The van der Waals surface area contributed by atoms with Crippen LogP contribution in [0.4, 0.5) is 18.0 Å². The van der Waals surface area contributed by atoms with Crippen molar-refractivity contribution in [3.8, 4) is 0 Å². The van der Waals surface area contributed by atoms with Crippen molar-refractivity contribution in [2.45, 2.75) is 45.1 Å². The SMILES string of the molecule is COC(=O)[C@@H](COC(C)(C)C)N1C(=O)S/C(=C\c2ccc3c(cnn3Cc3ccc(Cl)cc3C(F)(F)F)c2)C1=O. The van der Waals surface area contributed by atoms with E-state index >= 15 is 0 Å². The summed E-state index contributed by atoms with van der Waals surface area (Å²) in [5.41, 5.74) is -0.325. The lowest BCUT2D eigenvalue weighted by Crippen LogP contribution is -2.48. The lowest BCUT2D eigenvalue weighted by molar-refractivity contribution is -0.153. The number of ether oxygens (including phenoxy) is 2. The van der Waals surface area contributed by atoms with Crippen molar-refractivity contribution in [2.75, 3.05) is 13.7 Å². The van der Waals surface area contributed by atoms with Crippen molar-refractivity contribution in [1.82, 2.24) is 14.7 Å². The predicted octanol–water partition coefficient (Wildman–Crippen LogP) is 6.15. The van der Waals surface area contributed by atoms with Crippen LogP contribution in [-0.4, -0.2) is 57.2 Å². The summed E-state index contributed by atoms with van der Waals surface area (Å²) in [6.07, 6.45) is -1.58. The molecule has 3 aromatic rings. The molecule has 1 aliphatic heterocycles. The highest BCUT2D eigenvalue weighted by molar-refractivity contribution is 8.18. The number of carbonyl (C=O) groups excluding carboxylic acids is 3. The molecule has 2 heterocycles. The molecule has 0 aliphatic carbocycles. The first-order valence-corrected chi connectivity index (χ1v) is 13.2. The fourth-order valence-corrected chi connectivity index (χ4v) is 5.10. The first-order chi connectivity index (χ1) is 18.7. The quantitative estimate of drug-likeness (QED) is 0.239. The lowest BCUT2D eigenvalue weighted by Gasteiger charge is -2.27. The number of imide groups is 1. The van der Waals surface area contributed by atoms with Crippen LogP contribution in [0.5, 0.6) is 0 Å². The van der Waals surface area contributed by atoms with E-state index < -0.39 is 40.5 Å². The number of alkyl halides is 3. The third-order valence-corrected chi connectivity index (χ3v) is 7.06. The van der Waals surface area contributed by atoms with E-state index in [0.717, 1.165) is 18.1 Å². The van der Waals surface area contributed by atoms with Gasteiger partial charge in [-0.25, -0.2) is 4.79 Å². The summed E-state index contributed by atoms with van der Waals surface area (Å²) >= 11 is 6.46. The molecule has 212 valence electrons. The van der Waals surface area contributed by atoms with Crippen LogP contribution in [0.2, 0.25) is 5.02 Å². The summed E-state index contributed by atoms with van der Waals surface area (Å²) in [5, 5.41) is 4.19. The van der Waals surface area contributed by atoms with Crippen LogP contribution in [0.25, 0.3) is 17.0 Å². The molecule has 1 aromatic heterocycles. The second kappa shape index (κ2) is 11.3. The molecular weight excluding hydrogens is 571 g/mol. The van der Waals surface area contributed by atoms with Gasteiger partial charge in [0.1, 0.15) is 0 Å². The second-order valence-corrected chi connectivity index (χ2v) is 11.4. The molecule has 40 heavy (non-hydrogen) atoms. The summed E-state index contributed by atoms with van der Waals surface area (Å²) < 4.78 is 52.5. The number of methoxy groups -OCH3 is 1. The van der Waals surface area contributed by atoms with Gasteiger partial charge in [0.05, 0.1) is 48.0 Å². The highest BCUT2D eigenvalue weighted by atomic mass is 35.5. The maximum Gasteiger partial charge on any atom is 0.416 e. The number of hydrogen-bond acceptors (Lipinski definition) is 7. The van der Waals surface area contributed by atoms with Gasteiger partial charge in [0.2, 0.25) is 0 Å². The zero-order chi connectivity index (χ0) is 29.4. The van der Waals surface area contributed by atoms with Crippen molar-refractivity contribution in [2.24, 2.45) is 0 Å². The highest BCUT2D eigenvalue weighted by Crippen LogP contribution is 2.36. The number of thioether (sulfide) groups is 1. The number of amides is 2. The Labute approximate surface area is 237 Å². The Morgan fingerprint density at radius 1 is 1.15 bits per heavy atom. The van der Waals surface area contributed by atoms with Gasteiger partial charge in [-0.2, -0.15) is 18.3 Å². The van der Waals surface area contributed by atoms with Crippen LogP contribution >= 0.6 is 23.4 Å². The summed E-state index contributed by atoms with van der Waals surface area (Å²) in [4.78, 5) is 39.2. The van der Waals surface area contributed by atoms with Gasteiger partial charge in [-0.05, 0) is 74.0 Å². The molecule has 1 fully saturated rings. The Hall–Kier alpha value is -3.35. The van der Waals surface area contributed by atoms with Crippen LogP contribution in [0.3, 0.4) is 0 Å². The van der Waals surface area contributed by atoms with Gasteiger partial charge in [0.25, 0.3) is 11.1 Å². The zero-order valence-corrected chi connectivity index (χ0v) is 23.5. The minimum absolute atomic E-state index is 0.00949. The molecule has 0 unspecified atom stereocenters. The second-order valence-electron chi connectivity index (χ2n) is 9.93. The molecule has 1 atom stereocenters. The van der Waals surface area contributed by atoms with Gasteiger partial charge < -0.3 is 9.47 Å². The summed E-state index contributed by atoms with van der Waals surface area (Å²) in [6.45, 7) is 4.96. The van der Waals surface area contributed by atoms with Gasteiger partial charge in [-0.3, -0.25) is 19.2 Å². The molecule has 0 bridgehead atoms. The number of aromatic nitrogens is 2. The number of esters is 1. The van der Waals surface area contributed by atoms with Crippen LogP contribution < -0.4 is 0 Å². The monoisotopic (exact) mass is 595 g/mol. The number of hydrogen-bond donors (Lipinski definition) is 0. The number of rotatable bonds is 7. The summed E-state index contributed by atoms with van der Waals surface area (Å²) in [6, 6.07) is 7.35. The molecule has 2 aromatic carbocycles. The number of fused-ring (bicyclic) bond motifs is 1. The predicted molar refractivity (Wildman–Crippen MR) is 145 cm³/mol. The Kier molecular flexibility index (Phi) is 8.34. The minimum Gasteiger partial charge on any atom is -0.467 e. The van der Waals surface area contributed by atoms with Gasteiger partial charge in [0, 0.05) is 10.4 Å². The molecule has 0 N–H and O–H groups in total. The Bertz CT molecular complexity index is 1510. The van der Waals surface area contributed by atoms with Crippen LogP contribution in [0.1, 0.15) is 37.5 Å². The molecule has 1 aliphatic rings. The lowest BCUT2D eigenvalue weighted by atomic mass is 10.1. The maximum absolute atomic E-state index is 13.5. The van der Waals surface area contributed by atoms with Gasteiger partial charge in [-0.15, -0.1) is 0 Å². The van der Waals surface area contributed by atoms with Crippen LogP contribution in [0, 0.1) is 0 Å². The van der Waals surface area contributed by atoms with Gasteiger partial charge >= 0.3 is 12.1 Å². The summed E-state index contributed by atoms with van der Waals surface area (Å²) in [7, 11) is 1.16. The van der Waals surface area contributed by atoms with Crippen molar-refractivity contribution in [1.29, 1.82) is 0 Å². The standard InChI is InChI=1S/C27H25ClF3N3O5S/c1-26(2,3)39-14-21(24(36)38-4)34-23(35)22(40-25(34)37)10-15-5-8-20-17(9-15)12-32-33(20)13-16-6-7-18(28)11-19(16)27(29,30)31/h5-12,21H,13-14H2,1-4H3/b22-10-/t21-/m1/s1. The van der Waals surface area contributed by atoms with Crippen molar-refractivity contribution in [3.63, 3.8) is 0 Å². The topological polar surface area (TPSA) is 90.7 Å². The molecule has 13 heteroatoms. The van der Waals surface area contributed by atoms with E-state index in [4.69, 9.17) is 21.1 Å². The number of carbonyl (C=O) groups is 3. The van der Waals surface area contributed by atoms with Crippen molar-refractivity contribution in [3.05, 3.63) is 69.2 Å². The van der Waals surface area contributed by atoms with Gasteiger partial charge in [-0.1, -0.05) is 23.7 Å². The number of halogens is 4. The van der Waals surface area contributed by atoms with Gasteiger partial charge in [0.15, 0.2) is 6.04 Å². The molecule has 0 saturated carbocycles. The molecular formula is C27H25ClF3N3O5S.